The number of carbonyl (C=O) groups excluding carboxylic acids is 1. The molecule has 2 atom stereocenters. The third kappa shape index (κ3) is 2.64. The zero-order chi connectivity index (χ0) is 15.3. The molecule has 1 aliphatic heterocycles. The highest BCUT2D eigenvalue weighted by atomic mass is 16.2. The number of hydrogen-bond donors (Lipinski definition) is 2. The minimum atomic E-state index is -0.305. The maximum Gasteiger partial charge on any atom is 0.338 e. The van der Waals surface area contributed by atoms with Gasteiger partial charge in [0.15, 0.2) is 0 Å². The molecule has 0 bridgehead atoms. The zero-order valence-electron chi connectivity index (χ0n) is 13.4. The lowest BCUT2D eigenvalue weighted by Gasteiger charge is -2.45. The van der Waals surface area contributed by atoms with Gasteiger partial charge in [-0.25, -0.2) is 15.2 Å². The van der Waals surface area contributed by atoms with E-state index in [1.54, 1.807) is 5.01 Å². The van der Waals surface area contributed by atoms with Crippen molar-refractivity contribution in [2.24, 2.45) is 11.3 Å². The third-order valence-electron chi connectivity index (χ3n) is 4.61. The Morgan fingerprint density at radius 2 is 1.95 bits per heavy atom. The van der Waals surface area contributed by atoms with Crippen molar-refractivity contribution in [3.05, 3.63) is 29.8 Å². The van der Waals surface area contributed by atoms with E-state index in [0.717, 1.165) is 24.1 Å². The number of urea groups is 1. The third-order valence-corrected chi connectivity index (χ3v) is 4.61. The molecule has 4 nitrogen and oxygen atoms in total. The summed E-state index contributed by atoms with van der Waals surface area (Å²) >= 11 is 0. The van der Waals surface area contributed by atoms with Crippen LogP contribution in [0.2, 0.25) is 0 Å². The van der Waals surface area contributed by atoms with Crippen molar-refractivity contribution in [2.45, 2.75) is 52.6 Å². The fraction of sp³-hybridized carbons (Fsp3) is 0.588. The highest BCUT2D eigenvalue weighted by molar-refractivity contribution is 5.94. The first-order valence-corrected chi connectivity index (χ1v) is 7.76. The molecule has 1 aromatic rings. The number of aryl methyl sites for hydroxylation is 1. The number of nitrogens with zero attached hydrogens (tertiary/aromatic N) is 1. The molecular weight excluding hydrogens is 262 g/mol. The quantitative estimate of drug-likeness (QED) is 0.829. The summed E-state index contributed by atoms with van der Waals surface area (Å²) in [6, 6.07) is 7.93. The van der Waals surface area contributed by atoms with Crippen molar-refractivity contribution in [3.8, 4) is 0 Å². The van der Waals surface area contributed by atoms with E-state index in [0.29, 0.717) is 5.92 Å². The van der Waals surface area contributed by atoms with Crippen LogP contribution in [-0.2, 0) is 0 Å². The molecule has 3 rings (SSSR count). The van der Waals surface area contributed by atoms with E-state index in [1.807, 2.05) is 31.2 Å². The number of anilines is 1. The number of para-hydroxylation sites is 1. The second-order valence-corrected chi connectivity index (χ2v) is 7.60. The van der Waals surface area contributed by atoms with Gasteiger partial charge in [-0.2, -0.15) is 0 Å². The zero-order valence-corrected chi connectivity index (χ0v) is 13.4. The lowest BCUT2D eigenvalue weighted by molar-refractivity contribution is 0.0812. The number of benzene rings is 1. The summed E-state index contributed by atoms with van der Waals surface area (Å²) in [4.78, 5) is 12.5. The molecule has 2 unspecified atom stereocenters. The van der Waals surface area contributed by atoms with Crippen molar-refractivity contribution in [1.29, 1.82) is 0 Å². The number of hydrazine groups is 1. The van der Waals surface area contributed by atoms with Crippen LogP contribution in [0.3, 0.4) is 0 Å². The van der Waals surface area contributed by atoms with Gasteiger partial charge in [0.2, 0.25) is 0 Å². The van der Waals surface area contributed by atoms with Crippen molar-refractivity contribution in [3.63, 3.8) is 0 Å². The van der Waals surface area contributed by atoms with Gasteiger partial charge in [0, 0.05) is 0 Å². The first-order valence-electron chi connectivity index (χ1n) is 7.76. The maximum absolute atomic E-state index is 12.5. The molecule has 4 heteroatoms. The Bertz CT molecular complexity index is 569. The Kier molecular flexibility index (Phi) is 3.24. The van der Waals surface area contributed by atoms with Crippen molar-refractivity contribution < 1.29 is 4.79 Å². The summed E-state index contributed by atoms with van der Waals surface area (Å²) in [5, 5.41) is 4.89. The number of rotatable bonds is 1. The normalized spacial score (nSPS) is 31.5. The molecule has 2 amide bonds. The lowest BCUT2D eigenvalue weighted by atomic mass is 9.68. The summed E-state index contributed by atoms with van der Waals surface area (Å²) in [6.07, 6.45) is 3.14. The molecule has 114 valence electrons. The van der Waals surface area contributed by atoms with Crippen LogP contribution in [-0.4, -0.2) is 11.7 Å². The standard InChI is InChI=1S/C17H25N3O/c1-12-9-16(3,4)11-17(10-12)18-15(21)20(19-17)14-8-6-5-7-13(14)2/h5-8,12,19H,9-11H2,1-4H3,(H,18,21). The average molecular weight is 287 g/mol. The van der Waals surface area contributed by atoms with E-state index in [1.165, 1.54) is 6.42 Å². The van der Waals surface area contributed by atoms with Crippen LogP contribution >= 0.6 is 0 Å². The van der Waals surface area contributed by atoms with E-state index >= 15 is 0 Å². The first kappa shape index (κ1) is 14.4. The van der Waals surface area contributed by atoms with Gasteiger partial charge in [-0.15, -0.1) is 0 Å². The Balaban J connectivity index is 1.89. The predicted octanol–water partition coefficient (Wildman–Crippen LogP) is 3.57. The molecule has 1 spiro atoms. The molecule has 2 fully saturated rings. The van der Waals surface area contributed by atoms with Gasteiger partial charge in [-0.3, -0.25) is 0 Å². The maximum atomic E-state index is 12.5. The van der Waals surface area contributed by atoms with Gasteiger partial charge in [0.1, 0.15) is 5.66 Å². The molecule has 2 N–H and O–H groups in total. The fourth-order valence-corrected chi connectivity index (χ4v) is 4.29. The summed E-state index contributed by atoms with van der Waals surface area (Å²) in [5.74, 6) is 0.596. The van der Waals surface area contributed by atoms with Gasteiger partial charge >= 0.3 is 6.03 Å². The van der Waals surface area contributed by atoms with Crippen molar-refractivity contribution >= 4 is 11.7 Å². The second-order valence-electron chi connectivity index (χ2n) is 7.60. The van der Waals surface area contributed by atoms with Crippen LogP contribution in [0.25, 0.3) is 0 Å². The van der Waals surface area contributed by atoms with Crippen LogP contribution in [0.1, 0.15) is 45.6 Å². The molecule has 1 aromatic carbocycles. The molecule has 0 radical (unpaired) electrons. The Morgan fingerprint density at radius 3 is 2.62 bits per heavy atom. The Morgan fingerprint density at radius 1 is 1.24 bits per heavy atom. The van der Waals surface area contributed by atoms with Crippen LogP contribution < -0.4 is 15.8 Å². The lowest BCUT2D eigenvalue weighted by Crippen LogP contribution is -2.57. The molecule has 1 aliphatic carbocycles. The minimum absolute atomic E-state index is 0.0470. The molecular formula is C17H25N3O. The van der Waals surface area contributed by atoms with Gasteiger partial charge in [-0.05, 0) is 49.1 Å². The van der Waals surface area contributed by atoms with E-state index in [2.05, 4.69) is 31.5 Å². The van der Waals surface area contributed by atoms with Crippen LogP contribution in [0, 0.1) is 18.3 Å². The topological polar surface area (TPSA) is 44.4 Å². The van der Waals surface area contributed by atoms with Crippen molar-refractivity contribution in [2.75, 3.05) is 5.01 Å². The molecule has 2 aliphatic rings. The largest absolute Gasteiger partial charge is 0.338 e. The summed E-state index contributed by atoms with van der Waals surface area (Å²) < 4.78 is 0. The number of amides is 2. The van der Waals surface area contributed by atoms with Crippen molar-refractivity contribution in [1.82, 2.24) is 10.7 Å². The Labute approximate surface area is 126 Å². The van der Waals surface area contributed by atoms with Gasteiger partial charge in [-0.1, -0.05) is 39.0 Å². The molecule has 1 saturated heterocycles. The molecule has 1 heterocycles. The highest BCUT2D eigenvalue weighted by Crippen LogP contribution is 2.44. The molecule has 21 heavy (non-hydrogen) atoms. The van der Waals surface area contributed by atoms with E-state index in [-0.39, 0.29) is 17.1 Å². The highest BCUT2D eigenvalue weighted by Gasteiger charge is 2.49. The summed E-state index contributed by atoms with van der Waals surface area (Å²) in [6.45, 7) is 8.87. The first-order chi connectivity index (χ1) is 9.80. The second kappa shape index (κ2) is 4.73. The summed E-state index contributed by atoms with van der Waals surface area (Å²) in [7, 11) is 0. The fourth-order valence-electron chi connectivity index (χ4n) is 4.29. The van der Waals surface area contributed by atoms with Gasteiger partial charge < -0.3 is 5.32 Å². The average Bonchev–Trinajstić information content (AvgIpc) is 2.62. The van der Waals surface area contributed by atoms with E-state index in [9.17, 15) is 4.79 Å². The SMILES string of the molecule is Cc1ccccc1N1NC2(CC(C)CC(C)(C)C2)NC1=O. The smallest absolute Gasteiger partial charge is 0.317 e. The van der Waals surface area contributed by atoms with E-state index in [4.69, 9.17) is 0 Å². The summed E-state index contributed by atoms with van der Waals surface area (Å²) in [5.41, 5.74) is 5.43. The minimum Gasteiger partial charge on any atom is -0.317 e. The van der Waals surface area contributed by atoms with Gasteiger partial charge in [0.25, 0.3) is 0 Å². The van der Waals surface area contributed by atoms with Crippen LogP contribution in [0.15, 0.2) is 24.3 Å². The predicted molar refractivity (Wildman–Crippen MR) is 84.9 cm³/mol. The number of carbonyl (C=O) groups is 1. The van der Waals surface area contributed by atoms with Crippen LogP contribution in [0.5, 0.6) is 0 Å². The molecule has 0 aromatic heterocycles. The molecule has 1 saturated carbocycles. The number of hydrogen-bond acceptors (Lipinski definition) is 2. The van der Waals surface area contributed by atoms with Gasteiger partial charge in [0.05, 0.1) is 5.69 Å². The Hall–Kier alpha value is -1.55. The van der Waals surface area contributed by atoms with Crippen LogP contribution in [0.4, 0.5) is 10.5 Å². The van der Waals surface area contributed by atoms with E-state index < -0.39 is 0 Å². The monoisotopic (exact) mass is 287 g/mol. The number of nitrogens with one attached hydrogen (secondary N) is 2.